The minimum atomic E-state index is -0.378. The molecule has 0 saturated heterocycles. The maximum atomic E-state index is 12.3. The van der Waals surface area contributed by atoms with Crippen molar-refractivity contribution in [3.05, 3.63) is 41.9 Å². The van der Waals surface area contributed by atoms with E-state index in [2.05, 4.69) is 29.1 Å². The molecule has 0 bridgehead atoms. The van der Waals surface area contributed by atoms with Crippen molar-refractivity contribution < 1.29 is 14.3 Å². The zero-order valence-electron chi connectivity index (χ0n) is 14.9. The molecular weight excluding hydrogens is 320 g/mol. The number of anilines is 1. The quantitative estimate of drug-likeness (QED) is 0.801. The molecule has 134 valence electrons. The standard InChI is InChI=1S/C18H24N4O3/c1-11(2)10-25-14-6-5-13(9-15(14)24-4)12(3)22-18(23)16-17(19)21-8-7-20-16/h5-9,11-12H,10H2,1-4H3,(H2,19,21)(H,22,23)/t12-/m1/s1. The van der Waals surface area contributed by atoms with Gasteiger partial charge in [-0.15, -0.1) is 0 Å². The Morgan fingerprint density at radius 3 is 2.56 bits per heavy atom. The summed E-state index contributed by atoms with van der Waals surface area (Å²) in [7, 11) is 1.59. The van der Waals surface area contributed by atoms with Gasteiger partial charge in [0.05, 0.1) is 19.8 Å². The van der Waals surface area contributed by atoms with Gasteiger partial charge in [0.25, 0.3) is 5.91 Å². The first-order valence-electron chi connectivity index (χ1n) is 8.10. The second-order valence-corrected chi connectivity index (χ2v) is 6.10. The highest BCUT2D eigenvalue weighted by Crippen LogP contribution is 2.30. The van der Waals surface area contributed by atoms with E-state index in [1.807, 2.05) is 25.1 Å². The number of methoxy groups -OCH3 is 1. The van der Waals surface area contributed by atoms with Crippen LogP contribution >= 0.6 is 0 Å². The van der Waals surface area contributed by atoms with Gasteiger partial charge in [0.1, 0.15) is 0 Å². The molecule has 0 aliphatic heterocycles. The Balaban J connectivity index is 2.12. The van der Waals surface area contributed by atoms with Crippen molar-refractivity contribution in [2.24, 2.45) is 5.92 Å². The summed E-state index contributed by atoms with van der Waals surface area (Å²) in [4.78, 5) is 20.1. The highest BCUT2D eigenvalue weighted by Gasteiger charge is 2.17. The van der Waals surface area contributed by atoms with Gasteiger partial charge in [0, 0.05) is 12.4 Å². The molecule has 1 aromatic heterocycles. The minimum Gasteiger partial charge on any atom is -0.493 e. The first-order valence-corrected chi connectivity index (χ1v) is 8.10. The molecule has 3 N–H and O–H groups in total. The van der Waals surface area contributed by atoms with Gasteiger partial charge in [-0.25, -0.2) is 9.97 Å². The molecule has 0 fully saturated rings. The number of nitrogen functional groups attached to an aromatic ring is 1. The van der Waals surface area contributed by atoms with Crippen molar-refractivity contribution in [3.63, 3.8) is 0 Å². The van der Waals surface area contributed by atoms with Gasteiger partial charge in [0.15, 0.2) is 23.0 Å². The average molecular weight is 344 g/mol. The molecule has 2 rings (SSSR count). The number of amides is 1. The molecule has 1 atom stereocenters. The average Bonchev–Trinajstić information content (AvgIpc) is 2.59. The SMILES string of the molecule is COc1cc([C@@H](C)NC(=O)c2nccnc2N)ccc1OCC(C)C. The van der Waals surface area contributed by atoms with E-state index in [0.29, 0.717) is 24.0 Å². The number of benzene rings is 1. The Hall–Kier alpha value is -2.83. The molecule has 1 amide bonds. The molecule has 2 aromatic rings. The maximum absolute atomic E-state index is 12.3. The molecule has 1 aromatic carbocycles. The largest absolute Gasteiger partial charge is 0.493 e. The number of nitrogens with two attached hydrogens (primary N) is 1. The zero-order chi connectivity index (χ0) is 18.4. The van der Waals surface area contributed by atoms with Gasteiger partial charge in [-0.1, -0.05) is 19.9 Å². The van der Waals surface area contributed by atoms with E-state index in [9.17, 15) is 4.79 Å². The van der Waals surface area contributed by atoms with Crippen molar-refractivity contribution in [3.8, 4) is 11.5 Å². The first kappa shape index (κ1) is 18.5. The van der Waals surface area contributed by atoms with Gasteiger partial charge >= 0.3 is 0 Å². The summed E-state index contributed by atoms with van der Waals surface area (Å²) in [5.74, 6) is 1.44. The summed E-state index contributed by atoms with van der Waals surface area (Å²) in [5, 5.41) is 2.86. The monoisotopic (exact) mass is 344 g/mol. The first-order chi connectivity index (χ1) is 11.9. The van der Waals surface area contributed by atoms with Crippen molar-refractivity contribution in [2.45, 2.75) is 26.8 Å². The van der Waals surface area contributed by atoms with Crippen LogP contribution in [0.4, 0.5) is 5.82 Å². The second kappa shape index (κ2) is 8.32. The fourth-order valence-electron chi connectivity index (χ4n) is 2.20. The number of aromatic nitrogens is 2. The Morgan fingerprint density at radius 1 is 1.20 bits per heavy atom. The molecule has 0 aliphatic carbocycles. The molecule has 0 aliphatic rings. The summed E-state index contributed by atoms with van der Waals surface area (Å²) < 4.78 is 11.1. The van der Waals surface area contributed by atoms with Crippen molar-refractivity contribution in [1.29, 1.82) is 0 Å². The molecule has 0 saturated carbocycles. The minimum absolute atomic E-state index is 0.0993. The van der Waals surface area contributed by atoms with Crippen LogP contribution in [0.3, 0.4) is 0 Å². The highest BCUT2D eigenvalue weighted by atomic mass is 16.5. The van der Waals surface area contributed by atoms with Crippen molar-refractivity contribution in [2.75, 3.05) is 19.5 Å². The molecule has 0 spiro atoms. The smallest absolute Gasteiger partial charge is 0.274 e. The Labute approximate surface area is 147 Å². The Morgan fingerprint density at radius 2 is 1.92 bits per heavy atom. The zero-order valence-corrected chi connectivity index (χ0v) is 14.9. The predicted molar refractivity (Wildman–Crippen MR) is 95.7 cm³/mol. The summed E-state index contributed by atoms with van der Waals surface area (Å²) >= 11 is 0. The van der Waals surface area contributed by atoms with Gasteiger partial charge in [-0.05, 0) is 30.5 Å². The number of hydrogen-bond acceptors (Lipinski definition) is 6. The van der Waals surface area contributed by atoms with Crippen LogP contribution in [0.2, 0.25) is 0 Å². The summed E-state index contributed by atoms with van der Waals surface area (Å²) in [6.45, 7) is 6.63. The van der Waals surface area contributed by atoms with Crippen molar-refractivity contribution in [1.82, 2.24) is 15.3 Å². The van der Waals surface area contributed by atoms with E-state index in [1.54, 1.807) is 7.11 Å². The van der Waals surface area contributed by atoms with E-state index in [1.165, 1.54) is 12.4 Å². The van der Waals surface area contributed by atoms with E-state index in [4.69, 9.17) is 15.2 Å². The number of carbonyl (C=O) groups is 1. The summed E-state index contributed by atoms with van der Waals surface area (Å²) in [6.07, 6.45) is 2.87. The van der Waals surface area contributed by atoms with Crippen LogP contribution in [0.25, 0.3) is 0 Å². The number of hydrogen-bond donors (Lipinski definition) is 2. The number of rotatable bonds is 7. The second-order valence-electron chi connectivity index (χ2n) is 6.10. The number of nitrogens with zero attached hydrogens (tertiary/aromatic N) is 2. The Kier molecular flexibility index (Phi) is 6.16. The summed E-state index contributed by atoms with van der Waals surface area (Å²) in [6, 6.07) is 5.32. The van der Waals surface area contributed by atoms with E-state index in [-0.39, 0.29) is 23.5 Å². The topological polar surface area (TPSA) is 99.4 Å². The lowest BCUT2D eigenvalue weighted by atomic mass is 10.1. The van der Waals surface area contributed by atoms with Crippen LogP contribution in [-0.4, -0.2) is 29.6 Å². The van der Waals surface area contributed by atoms with Crippen molar-refractivity contribution >= 4 is 11.7 Å². The number of nitrogens with one attached hydrogen (secondary N) is 1. The fraction of sp³-hybridized carbons (Fsp3) is 0.389. The third-order valence-electron chi connectivity index (χ3n) is 3.55. The lowest BCUT2D eigenvalue weighted by Crippen LogP contribution is -2.28. The third kappa shape index (κ3) is 4.82. The van der Waals surface area contributed by atoms with Crippen LogP contribution in [0.5, 0.6) is 11.5 Å². The maximum Gasteiger partial charge on any atom is 0.274 e. The molecule has 7 heteroatoms. The lowest BCUT2D eigenvalue weighted by Gasteiger charge is -2.17. The summed E-state index contributed by atoms with van der Waals surface area (Å²) in [5.41, 5.74) is 6.68. The number of ether oxygens (including phenoxy) is 2. The Bertz CT molecular complexity index is 734. The van der Waals surface area contributed by atoms with Gasteiger partial charge in [0.2, 0.25) is 0 Å². The normalized spacial score (nSPS) is 11.9. The van der Waals surface area contributed by atoms with Gasteiger partial charge < -0.3 is 20.5 Å². The molecule has 0 radical (unpaired) electrons. The van der Waals surface area contributed by atoms with Gasteiger partial charge in [-0.3, -0.25) is 4.79 Å². The molecular formula is C18H24N4O3. The van der Waals surface area contributed by atoms with Crippen LogP contribution in [0, 0.1) is 5.92 Å². The predicted octanol–water partition coefficient (Wildman–Crippen LogP) is 2.59. The fourth-order valence-corrected chi connectivity index (χ4v) is 2.20. The van der Waals surface area contributed by atoms with Crippen LogP contribution in [-0.2, 0) is 0 Å². The highest BCUT2D eigenvalue weighted by molar-refractivity contribution is 5.96. The molecule has 25 heavy (non-hydrogen) atoms. The molecule has 0 unspecified atom stereocenters. The van der Waals surface area contributed by atoms with Gasteiger partial charge in [-0.2, -0.15) is 0 Å². The van der Waals surface area contributed by atoms with Crippen LogP contribution in [0.15, 0.2) is 30.6 Å². The van der Waals surface area contributed by atoms with E-state index < -0.39 is 0 Å². The molecule has 1 heterocycles. The molecule has 7 nitrogen and oxygen atoms in total. The van der Waals surface area contributed by atoms with Crippen LogP contribution in [0.1, 0.15) is 42.9 Å². The lowest BCUT2D eigenvalue weighted by molar-refractivity contribution is 0.0935. The van der Waals surface area contributed by atoms with E-state index >= 15 is 0 Å². The van der Waals surface area contributed by atoms with Crippen LogP contribution < -0.4 is 20.5 Å². The van der Waals surface area contributed by atoms with E-state index in [0.717, 1.165) is 5.56 Å². The third-order valence-corrected chi connectivity index (χ3v) is 3.55. The number of carbonyl (C=O) groups excluding carboxylic acids is 1.